The number of rotatable bonds is 7. The number of benzene rings is 2. The molecule has 2 N–H and O–H groups in total. The average molecular weight is 416 g/mol. The second-order valence-corrected chi connectivity index (χ2v) is 8.91. The van der Waals surface area contributed by atoms with E-state index in [2.05, 4.69) is 10.0 Å². The minimum absolute atomic E-state index is 0.00160. The number of fused-ring (bicyclic) bond motifs is 1. The molecule has 0 aliphatic carbocycles. The predicted octanol–water partition coefficient (Wildman–Crippen LogP) is 1.97. The van der Waals surface area contributed by atoms with Gasteiger partial charge < -0.3 is 10.2 Å². The minimum atomic E-state index is -3.73. The number of sulfonamides is 1. The van der Waals surface area contributed by atoms with E-state index in [0.717, 1.165) is 16.8 Å². The highest BCUT2D eigenvalue weighted by atomic mass is 32.2. The van der Waals surface area contributed by atoms with Crippen molar-refractivity contribution in [2.45, 2.75) is 44.2 Å². The molecule has 0 aromatic heterocycles. The van der Waals surface area contributed by atoms with Gasteiger partial charge in [-0.1, -0.05) is 30.3 Å². The molecule has 29 heavy (non-hydrogen) atoms. The van der Waals surface area contributed by atoms with E-state index in [1.807, 2.05) is 37.3 Å². The van der Waals surface area contributed by atoms with Crippen LogP contribution in [0.15, 0.2) is 53.4 Å². The van der Waals surface area contributed by atoms with Gasteiger partial charge in [-0.2, -0.15) is 0 Å². The van der Waals surface area contributed by atoms with E-state index in [4.69, 9.17) is 0 Å². The highest BCUT2D eigenvalue weighted by Crippen LogP contribution is 2.33. The lowest BCUT2D eigenvalue weighted by Gasteiger charge is -2.20. The summed E-state index contributed by atoms with van der Waals surface area (Å²) in [5.41, 5.74) is 2.56. The molecule has 2 aromatic rings. The molecule has 2 amide bonds. The van der Waals surface area contributed by atoms with Gasteiger partial charge in [-0.05, 0) is 42.7 Å². The van der Waals surface area contributed by atoms with Gasteiger partial charge in [0.2, 0.25) is 21.8 Å². The Kier molecular flexibility index (Phi) is 6.34. The zero-order chi connectivity index (χ0) is 21.0. The first-order chi connectivity index (χ1) is 13.8. The number of hydrogen-bond acceptors (Lipinski definition) is 4. The molecule has 2 aromatic carbocycles. The first-order valence-electron chi connectivity index (χ1n) is 9.51. The Morgan fingerprint density at radius 3 is 2.55 bits per heavy atom. The second kappa shape index (κ2) is 8.75. The first-order valence-corrected chi connectivity index (χ1v) is 11.0. The van der Waals surface area contributed by atoms with Gasteiger partial charge in [0.15, 0.2) is 0 Å². The summed E-state index contributed by atoms with van der Waals surface area (Å²) in [6.07, 6.45) is 0.659. The van der Waals surface area contributed by atoms with Crippen LogP contribution in [-0.2, 0) is 32.6 Å². The van der Waals surface area contributed by atoms with Crippen molar-refractivity contribution in [3.05, 3.63) is 59.7 Å². The van der Waals surface area contributed by atoms with Crippen molar-refractivity contribution in [2.75, 3.05) is 11.4 Å². The van der Waals surface area contributed by atoms with Crippen LogP contribution in [0.3, 0.4) is 0 Å². The average Bonchev–Trinajstić information content (AvgIpc) is 3.02. The Hall–Kier alpha value is -2.71. The number of amides is 2. The SMILES string of the molecule is CC(=O)N1c2ccc(S(=O)(=O)NCCC(=O)NCc3ccccc3)cc2CC1C. The molecule has 1 atom stereocenters. The van der Waals surface area contributed by atoms with Crippen LogP contribution in [0.5, 0.6) is 0 Å². The van der Waals surface area contributed by atoms with E-state index in [9.17, 15) is 18.0 Å². The quantitative estimate of drug-likeness (QED) is 0.723. The van der Waals surface area contributed by atoms with Gasteiger partial charge in [0.1, 0.15) is 0 Å². The van der Waals surface area contributed by atoms with Gasteiger partial charge in [-0.25, -0.2) is 13.1 Å². The van der Waals surface area contributed by atoms with Crippen LogP contribution in [-0.4, -0.2) is 32.8 Å². The Morgan fingerprint density at radius 2 is 1.86 bits per heavy atom. The molecule has 1 unspecified atom stereocenters. The summed E-state index contributed by atoms with van der Waals surface area (Å²) in [4.78, 5) is 25.6. The fourth-order valence-corrected chi connectivity index (χ4v) is 4.60. The zero-order valence-electron chi connectivity index (χ0n) is 16.5. The number of nitrogens with one attached hydrogen (secondary N) is 2. The molecule has 0 bridgehead atoms. The van der Waals surface area contributed by atoms with E-state index in [1.54, 1.807) is 17.0 Å². The molecule has 1 heterocycles. The van der Waals surface area contributed by atoms with Crippen molar-refractivity contribution in [3.8, 4) is 0 Å². The van der Waals surface area contributed by atoms with E-state index in [0.29, 0.717) is 13.0 Å². The Morgan fingerprint density at radius 1 is 1.14 bits per heavy atom. The van der Waals surface area contributed by atoms with Crippen LogP contribution in [0.1, 0.15) is 31.4 Å². The van der Waals surface area contributed by atoms with Crippen molar-refractivity contribution < 1.29 is 18.0 Å². The molecule has 7 nitrogen and oxygen atoms in total. The van der Waals surface area contributed by atoms with Crippen LogP contribution >= 0.6 is 0 Å². The lowest BCUT2D eigenvalue weighted by atomic mass is 10.1. The maximum atomic E-state index is 12.6. The molecular formula is C21H25N3O4S. The molecule has 8 heteroatoms. The van der Waals surface area contributed by atoms with E-state index in [-0.39, 0.29) is 35.7 Å². The molecule has 3 rings (SSSR count). The summed E-state index contributed by atoms with van der Waals surface area (Å²) in [5, 5.41) is 2.77. The van der Waals surface area contributed by atoms with Gasteiger partial charge in [-0.15, -0.1) is 0 Å². The second-order valence-electron chi connectivity index (χ2n) is 7.14. The largest absolute Gasteiger partial charge is 0.352 e. The van der Waals surface area contributed by atoms with Crippen LogP contribution in [0.4, 0.5) is 5.69 Å². The highest BCUT2D eigenvalue weighted by molar-refractivity contribution is 7.89. The third kappa shape index (κ3) is 5.02. The number of carbonyl (C=O) groups is 2. The maximum absolute atomic E-state index is 12.6. The summed E-state index contributed by atoms with van der Waals surface area (Å²) in [6, 6.07) is 14.3. The van der Waals surface area contributed by atoms with Crippen LogP contribution < -0.4 is 14.9 Å². The van der Waals surface area contributed by atoms with Crippen LogP contribution in [0.2, 0.25) is 0 Å². The van der Waals surface area contributed by atoms with Gasteiger partial charge >= 0.3 is 0 Å². The molecule has 1 aliphatic heterocycles. The van der Waals surface area contributed by atoms with Crippen LogP contribution in [0.25, 0.3) is 0 Å². The Bertz CT molecular complexity index is 1010. The van der Waals surface area contributed by atoms with Crippen molar-refractivity contribution in [1.29, 1.82) is 0 Å². The monoisotopic (exact) mass is 415 g/mol. The molecule has 1 aliphatic rings. The van der Waals surface area contributed by atoms with Gasteiger partial charge in [0.05, 0.1) is 4.90 Å². The maximum Gasteiger partial charge on any atom is 0.240 e. The molecule has 0 saturated heterocycles. The zero-order valence-corrected chi connectivity index (χ0v) is 17.3. The van der Waals surface area contributed by atoms with Crippen molar-refractivity contribution in [1.82, 2.24) is 10.0 Å². The number of anilines is 1. The fourth-order valence-electron chi connectivity index (χ4n) is 3.52. The van der Waals surface area contributed by atoms with Gasteiger partial charge in [0.25, 0.3) is 0 Å². The van der Waals surface area contributed by atoms with Crippen molar-refractivity contribution in [2.24, 2.45) is 0 Å². The summed E-state index contributed by atoms with van der Waals surface area (Å²) in [7, 11) is -3.73. The molecule has 154 valence electrons. The number of carbonyl (C=O) groups excluding carboxylic acids is 2. The third-order valence-electron chi connectivity index (χ3n) is 4.89. The Labute approximate surface area is 171 Å². The topological polar surface area (TPSA) is 95.6 Å². The van der Waals surface area contributed by atoms with E-state index >= 15 is 0 Å². The summed E-state index contributed by atoms with van der Waals surface area (Å²) < 4.78 is 27.6. The minimum Gasteiger partial charge on any atom is -0.352 e. The van der Waals surface area contributed by atoms with Crippen molar-refractivity contribution >= 4 is 27.5 Å². The van der Waals surface area contributed by atoms with E-state index < -0.39 is 10.0 Å². The lowest BCUT2D eigenvalue weighted by molar-refractivity contribution is -0.121. The molecule has 0 fully saturated rings. The summed E-state index contributed by atoms with van der Waals surface area (Å²) >= 11 is 0. The first kappa shape index (κ1) is 21.0. The summed E-state index contributed by atoms with van der Waals surface area (Å²) in [5.74, 6) is -0.289. The molecule has 0 radical (unpaired) electrons. The smallest absolute Gasteiger partial charge is 0.240 e. The van der Waals surface area contributed by atoms with E-state index in [1.165, 1.54) is 13.0 Å². The van der Waals surface area contributed by atoms with Crippen molar-refractivity contribution in [3.63, 3.8) is 0 Å². The molecule has 0 saturated carbocycles. The Balaban J connectivity index is 1.56. The number of hydrogen-bond donors (Lipinski definition) is 2. The normalized spacial score (nSPS) is 15.8. The third-order valence-corrected chi connectivity index (χ3v) is 6.35. The molecule has 0 spiro atoms. The number of nitrogens with zero attached hydrogens (tertiary/aromatic N) is 1. The highest BCUT2D eigenvalue weighted by Gasteiger charge is 2.30. The summed E-state index contributed by atoms with van der Waals surface area (Å²) in [6.45, 7) is 3.85. The van der Waals surface area contributed by atoms with Crippen LogP contribution in [0, 0.1) is 0 Å². The standard InChI is InChI=1S/C21H25N3O4S/c1-15-12-18-13-19(8-9-20(18)24(15)16(2)25)29(27,28)23-11-10-21(26)22-14-17-6-4-3-5-7-17/h3-9,13,15,23H,10-12,14H2,1-2H3,(H,22,26). The van der Waals surface area contributed by atoms with Gasteiger partial charge in [-0.3, -0.25) is 9.59 Å². The van der Waals surface area contributed by atoms with Gasteiger partial charge in [0, 0.05) is 38.2 Å². The lowest BCUT2D eigenvalue weighted by Crippen LogP contribution is -2.33. The predicted molar refractivity (Wildman–Crippen MR) is 111 cm³/mol. The molecular weight excluding hydrogens is 390 g/mol. The fraction of sp³-hybridized carbons (Fsp3) is 0.333.